The summed E-state index contributed by atoms with van der Waals surface area (Å²) in [4.78, 5) is 22.5. The summed E-state index contributed by atoms with van der Waals surface area (Å²) >= 11 is 0. The highest BCUT2D eigenvalue weighted by atomic mass is 16.2. The van der Waals surface area contributed by atoms with Gasteiger partial charge in [0.05, 0.1) is 0 Å². The minimum Gasteiger partial charge on any atom is -0.353 e. The third kappa shape index (κ3) is 2.68. The smallest absolute Gasteiger partial charge is 0.242 e. The van der Waals surface area contributed by atoms with E-state index in [0.717, 1.165) is 0 Å². The molecule has 15 heavy (non-hydrogen) atoms. The molecule has 0 bridgehead atoms. The molecule has 1 aliphatic carbocycles. The lowest BCUT2D eigenvalue weighted by molar-refractivity contribution is -0.125. The number of rotatable bonds is 4. The van der Waals surface area contributed by atoms with Gasteiger partial charge in [0.15, 0.2) is 0 Å². The molecule has 1 heterocycles. The third-order valence-electron chi connectivity index (χ3n) is 3.05. The summed E-state index contributed by atoms with van der Waals surface area (Å²) in [6.07, 6.45) is 3.41. The third-order valence-corrected chi connectivity index (χ3v) is 3.05. The Morgan fingerprint density at radius 3 is 2.80 bits per heavy atom. The fourth-order valence-corrected chi connectivity index (χ4v) is 1.84. The summed E-state index contributed by atoms with van der Waals surface area (Å²) in [7, 11) is 0. The van der Waals surface area contributed by atoms with Crippen molar-refractivity contribution in [3.63, 3.8) is 0 Å². The SMILES string of the molecule is NC(CNC(=O)[C@H]1CCC(=O)N1)C1CC1. The minimum atomic E-state index is -0.344. The van der Waals surface area contributed by atoms with Crippen LogP contribution in [0.25, 0.3) is 0 Å². The van der Waals surface area contributed by atoms with E-state index in [2.05, 4.69) is 10.6 Å². The van der Waals surface area contributed by atoms with Crippen molar-refractivity contribution in [2.45, 2.75) is 37.8 Å². The number of carbonyl (C=O) groups is 2. The fourth-order valence-electron chi connectivity index (χ4n) is 1.84. The van der Waals surface area contributed by atoms with Crippen molar-refractivity contribution >= 4 is 11.8 Å². The van der Waals surface area contributed by atoms with Crippen LogP contribution in [0, 0.1) is 5.92 Å². The lowest BCUT2D eigenvalue weighted by atomic mass is 10.2. The average Bonchev–Trinajstić information content (AvgIpc) is 2.97. The van der Waals surface area contributed by atoms with Crippen LogP contribution in [-0.2, 0) is 9.59 Å². The van der Waals surface area contributed by atoms with Crippen molar-refractivity contribution in [1.29, 1.82) is 0 Å². The van der Waals surface area contributed by atoms with Crippen molar-refractivity contribution in [3.05, 3.63) is 0 Å². The predicted molar refractivity (Wildman–Crippen MR) is 54.9 cm³/mol. The summed E-state index contributed by atoms with van der Waals surface area (Å²) in [5, 5.41) is 5.42. The molecule has 1 saturated heterocycles. The van der Waals surface area contributed by atoms with E-state index in [9.17, 15) is 9.59 Å². The van der Waals surface area contributed by atoms with Gasteiger partial charge in [0.2, 0.25) is 11.8 Å². The van der Waals surface area contributed by atoms with Crippen LogP contribution in [0.5, 0.6) is 0 Å². The minimum absolute atomic E-state index is 0.0401. The van der Waals surface area contributed by atoms with E-state index >= 15 is 0 Å². The summed E-state index contributed by atoms with van der Waals surface area (Å²) < 4.78 is 0. The topological polar surface area (TPSA) is 84.2 Å². The Bertz CT molecular complexity index is 276. The van der Waals surface area contributed by atoms with Crippen LogP contribution in [-0.4, -0.2) is 30.4 Å². The van der Waals surface area contributed by atoms with Crippen LogP contribution in [0.2, 0.25) is 0 Å². The van der Waals surface area contributed by atoms with E-state index in [4.69, 9.17) is 5.73 Å². The highest BCUT2D eigenvalue weighted by molar-refractivity contribution is 5.90. The molecule has 2 amide bonds. The van der Waals surface area contributed by atoms with E-state index in [-0.39, 0.29) is 23.9 Å². The molecule has 1 unspecified atom stereocenters. The van der Waals surface area contributed by atoms with Crippen molar-refractivity contribution < 1.29 is 9.59 Å². The molecule has 0 spiro atoms. The molecule has 1 saturated carbocycles. The average molecular weight is 211 g/mol. The number of nitrogens with one attached hydrogen (secondary N) is 2. The first kappa shape index (κ1) is 10.4. The van der Waals surface area contributed by atoms with Gasteiger partial charge >= 0.3 is 0 Å². The maximum absolute atomic E-state index is 11.6. The lowest BCUT2D eigenvalue weighted by Crippen LogP contribution is -2.46. The Morgan fingerprint density at radius 2 is 2.27 bits per heavy atom. The zero-order valence-corrected chi connectivity index (χ0v) is 8.66. The van der Waals surface area contributed by atoms with Crippen LogP contribution in [0.1, 0.15) is 25.7 Å². The molecule has 0 aromatic rings. The second kappa shape index (κ2) is 4.18. The fraction of sp³-hybridized carbons (Fsp3) is 0.800. The van der Waals surface area contributed by atoms with Gasteiger partial charge in [-0.1, -0.05) is 0 Å². The van der Waals surface area contributed by atoms with E-state index in [0.29, 0.717) is 25.3 Å². The van der Waals surface area contributed by atoms with Crippen molar-refractivity contribution in [1.82, 2.24) is 10.6 Å². The molecule has 1 aliphatic heterocycles. The first-order valence-corrected chi connectivity index (χ1v) is 5.49. The molecule has 5 heteroatoms. The second-order valence-electron chi connectivity index (χ2n) is 4.41. The zero-order valence-electron chi connectivity index (χ0n) is 8.66. The van der Waals surface area contributed by atoms with Gasteiger partial charge in [0.25, 0.3) is 0 Å². The number of nitrogens with two attached hydrogens (primary N) is 1. The van der Waals surface area contributed by atoms with Gasteiger partial charge in [-0.3, -0.25) is 9.59 Å². The molecule has 0 radical (unpaired) electrons. The van der Waals surface area contributed by atoms with E-state index < -0.39 is 0 Å². The number of hydrogen-bond donors (Lipinski definition) is 3. The molecular formula is C10H17N3O2. The van der Waals surface area contributed by atoms with Gasteiger partial charge in [-0.15, -0.1) is 0 Å². The predicted octanol–water partition coefficient (Wildman–Crippen LogP) is -0.881. The molecule has 4 N–H and O–H groups in total. The Balaban J connectivity index is 1.69. The summed E-state index contributed by atoms with van der Waals surface area (Å²) in [6.45, 7) is 0.524. The van der Waals surface area contributed by atoms with Gasteiger partial charge in [-0.25, -0.2) is 0 Å². The summed E-state index contributed by atoms with van der Waals surface area (Å²) in [6, 6.07) is -0.269. The van der Waals surface area contributed by atoms with Crippen LogP contribution >= 0.6 is 0 Å². The van der Waals surface area contributed by atoms with Crippen molar-refractivity contribution in [2.24, 2.45) is 11.7 Å². The Kier molecular flexibility index (Phi) is 2.90. The van der Waals surface area contributed by atoms with E-state index in [1.54, 1.807) is 0 Å². The van der Waals surface area contributed by atoms with Gasteiger partial charge in [-0.05, 0) is 25.2 Å². The van der Waals surface area contributed by atoms with Gasteiger partial charge < -0.3 is 16.4 Å². The van der Waals surface area contributed by atoms with Crippen LogP contribution in [0.3, 0.4) is 0 Å². The lowest BCUT2D eigenvalue weighted by Gasteiger charge is -2.14. The first-order chi connectivity index (χ1) is 7.16. The Hall–Kier alpha value is -1.10. The standard InChI is InChI=1S/C10H17N3O2/c11-7(6-1-2-6)5-12-10(15)8-3-4-9(14)13-8/h6-8H,1-5,11H2,(H,12,15)(H,13,14)/t7?,8-/m1/s1. The molecule has 2 rings (SSSR count). The Morgan fingerprint density at radius 1 is 1.53 bits per heavy atom. The molecular weight excluding hydrogens is 194 g/mol. The summed E-state index contributed by atoms with van der Waals surface area (Å²) in [5.74, 6) is 0.446. The van der Waals surface area contributed by atoms with Gasteiger partial charge in [0, 0.05) is 19.0 Å². The van der Waals surface area contributed by atoms with Crippen LogP contribution < -0.4 is 16.4 Å². The molecule has 5 nitrogen and oxygen atoms in total. The van der Waals surface area contributed by atoms with Gasteiger partial charge in [-0.2, -0.15) is 0 Å². The Labute approximate surface area is 88.8 Å². The van der Waals surface area contributed by atoms with Crippen molar-refractivity contribution in [3.8, 4) is 0 Å². The summed E-state index contributed by atoms with van der Waals surface area (Å²) in [5.41, 5.74) is 5.85. The normalized spacial score (nSPS) is 27.3. The quantitative estimate of drug-likeness (QED) is 0.564. The molecule has 0 aromatic carbocycles. The number of amides is 2. The molecule has 2 fully saturated rings. The second-order valence-corrected chi connectivity index (χ2v) is 4.41. The maximum Gasteiger partial charge on any atom is 0.242 e. The van der Waals surface area contributed by atoms with E-state index in [1.807, 2.05) is 0 Å². The van der Waals surface area contributed by atoms with E-state index in [1.165, 1.54) is 12.8 Å². The first-order valence-electron chi connectivity index (χ1n) is 5.49. The molecule has 84 valence electrons. The zero-order chi connectivity index (χ0) is 10.8. The monoisotopic (exact) mass is 211 g/mol. The number of hydrogen-bond acceptors (Lipinski definition) is 3. The maximum atomic E-state index is 11.6. The van der Waals surface area contributed by atoms with Crippen LogP contribution in [0.4, 0.5) is 0 Å². The molecule has 0 aromatic heterocycles. The largest absolute Gasteiger partial charge is 0.353 e. The van der Waals surface area contributed by atoms with Crippen molar-refractivity contribution in [2.75, 3.05) is 6.54 Å². The molecule has 2 aliphatic rings. The van der Waals surface area contributed by atoms with Crippen LogP contribution in [0.15, 0.2) is 0 Å². The number of carbonyl (C=O) groups excluding carboxylic acids is 2. The highest BCUT2D eigenvalue weighted by Crippen LogP contribution is 2.31. The van der Waals surface area contributed by atoms with Gasteiger partial charge in [0.1, 0.15) is 6.04 Å². The highest BCUT2D eigenvalue weighted by Gasteiger charge is 2.30. The molecule has 2 atom stereocenters.